The van der Waals surface area contributed by atoms with Gasteiger partial charge in [-0.2, -0.15) is 0 Å². The minimum Gasteiger partial charge on any atom is -0.288 e. The number of aryl methyl sites for hydroxylation is 2. The average Bonchev–Trinajstić information content (AvgIpc) is 2.33. The van der Waals surface area contributed by atoms with E-state index in [0.29, 0.717) is 15.1 Å². The Labute approximate surface area is 124 Å². The fourth-order valence-corrected chi connectivity index (χ4v) is 2.40. The molecule has 2 aromatic rings. The number of hydrogen-bond donors (Lipinski definition) is 0. The molecular weight excluding hydrogens is 331 g/mol. The van der Waals surface area contributed by atoms with E-state index in [1.807, 2.05) is 6.92 Å². The van der Waals surface area contributed by atoms with Gasteiger partial charge in [0.25, 0.3) is 0 Å². The molecule has 2 rings (SSSR count). The van der Waals surface area contributed by atoms with Crippen LogP contribution in [0.2, 0.25) is 5.02 Å². The number of hydrogen-bond acceptors (Lipinski definition) is 1. The minimum absolute atomic E-state index is 0.0630. The van der Waals surface area contributed by atoms with Crippen LogP contribution in [0.5, 0.6) is 0 Å². The summed E-state index contributed by atoms with van der Waals surface area (Å²) in [6, 6.07) is 7.83. The van der Waals surface area contributed by atoms with Crippen molar-refractivity contribution in [1.82, 2.24) is 0 Å². The van der Waals surface area contributed by atoms with Crippen LogP contribution >= 0.6 is 27.5 Å². The number of rotatable bonds is 2. The van der Waals surface area contributed by atoms with E-state index in [2.05, 4.69) is 15.9 Å². The third-order valence-electron chi connectivity index (χ3n) is 2.93. The van der Waals surface area contributed by atoms with Gasteiger partial charge < -0.3 is 0 Å². The van der Waals surface area contributed by atoms with Gasteiger partial charge in [0.05, 0.1) is 5.56 Å². The maximum Gasteiger partial charge on any atom is 0.196 e. The standard InChI is InChI=1S/C15H11BrClFO/c1-8-6-13(17)9(2)5-12(8)15(19)11-4-3-10(16)7-14(11)18/h3-7H,1-2H3. The van der Waals surface area contributed by atoms with Gasteiger partial charge in [-0.3, -0.25) is 4.79 Å². The molecule has 0 aliphatic heterocycles. The van der Waals surface area contributed by atoms with E-state index in [9.17, 15) is 9.18 Å². The van der Waals surface area contributed by atoms with Crippen molar-refractivity contribution in [1.29, 1.82) is 0 Å². The summed E-state index contributed by atoms with van der Waals surface area (Å²) in [5.74, 6) is -0.867. The Morgan fingerprint density at radius 2 is 1.79 bits per heavy atom. The zero-order valence-electron chi connectivity index (χ0n) is 10.4. The lowest BCUT2D eigenvalue weighted by Crippen LogP contribution is -2.07. The fraction of sp³-hybridized carbons (Fsp3) is 0.133. The highest BCUT2D eigenvalue weighted by Crippen LogP contribution is 2.24. The third-order valence-corrected chi connectivity index (χ3v) is 3.83. The Kier molecular flexibility index (Phi) is 4.07. The molecule has 1 nitrogen and oxygen atoms in total. The molecule has 0 saturated carbocycles. The molecule has 0 unspecified atom stereocenters. The Hall–Kier alpha value is -1.19. The maximum atomic E-state index is 13.8. The van der Waals surface area contributed by atoms with Crippen LogP contribution < -0.4 is 0 Å². The van der Waals surface area contributed by atoms with E-state index in [0.717, 1.165) is 11.1 Å². The van der Waals surface area contributed by atoms with Gasteiger partial charge in [0.1, 0.15) is 5.82 Å². The Balaban J connectivity index is 2.53. The van der Waals surface area contributed by atoms with Crippen molar-refractivity contribution >= 4 is 33.3 Å². The molecule has 0 saturated heterocycles. The van der Waals surface area contributed by atoms with Crippen LogP contribution in [-0.4, -0.2) is 5.78 Å². The first-order valence-electron chi connectivity index (χ1n) is 5.66. The van der Waals surface area contributed by atoms with Crippen molar-refractivity contribution in [3.63, 3.8) is 0 Å². The van der Waals surface area contributed by atoms with Crippen molar-refractivity contribution in [3.8, 4) is 0 Å². The quantitative estimate of drug-likeness (QED) is 0.695. The molecule has 98 valence electrons. The van der Waals surface area contributed by atoms with Crippen molar-refractivity contribution < 1.29 is 9.18 Å². The first kappa shape index (κ1) is 14.2. The molecule has 0 aliphatic carbocycles. The van der Waals surface area contributed by atoms with Gasteiger partial charge in [0.15, 0.2) is 5.78 Å². The van der Waals surface area contributed by atoms with Crippen LogP contribution in [0.1, 0.15) is 27.0 Å². The normalized spacial score (nSPS) is 10.6. The number of carbonyl (C=O) groups is 1. The molecule has 0 atom stereocenters. The zero-order valence-corrected chi connectivity index (χ0v) is 12.8. The molecule has 0 bridgehead atoms. The van der Waals surface area contributed by atoms with Gasteiger partial charge in [0, 0.05) is 15.1 Å². The van der Waals surface area contributed by atoms with Gasteiger partial charge in [-0.15, -0.1) is 0 Å². The van der Waals surface area contributed by atoms with Gasteiger partial charge in [0.2, 0.25) is 0 Å². The molecule has 0 amide bonds. The molecule has 0 heterocycles. The molecule has 0 radical (unpaired) electrons. The molecule has 4 heteroatoms. The van der Waals surface area contributed by atoms with Crippen molar-refractivity contribution in [2.24, 2.45) is 0 Å². The molecule has 0 aliphatic rings. The summed E-state index contributed by atoms with van der Waals surface area (Å²) in [6.45, 7) is 3.60. The number of halogens is 3. The van der Waals surface area contributed by atoms with Crippen LogP contribution in [0.3, 0.4) is 0 Å². The Morgan fingerprint density at radius 3 is 2.42 bits per heavy atom. The van der Waals surface area contributed by atoms with E-state index < -0.39 is 5.82 Å². The van der Waals surface area contributed by atoms with Gasteiger partial charge >= 0.3 is 0 Å². The average molecular weight is 342 g/mol. The van der Waals surface area contributed by atoms with E-state index in [1.165, 1.54) is 12.1 Å². The summed E-state index contributed by atoms with van der Waals surface area (Å²) < 4.78 is 14.4. The first-order chi connectivity index (χ1) is 8.90. The predicted octanol–water partition coefficient (Wildman–Crippen LogP) is 5.09. The van der Waals surface area contributed by atoms with Crippen LogP contribution in [0.25, 0.3) is 0 Å². The lowest BCUT2D eigenvalue weighted by molar-refractivity contribution is 0.103. The van der Waals surface area contributed by atoms with E-state index >= 15 is 0 Å². The van der Waals surface area contributed by atoms with Crippen LogP contribution in [-0.2, 0) is 0 Å². The Morgan fingerprint density at radius 1 is 1.11 bits per heavy atom. The molecule has 2 aromatic carbocycles. The highest BCUT2D eigenvalue weighted by molar-refractivity contribution is 9.10. The number of carbonyl (C=O) groups excluding carboxylic acids is 1. The molecular formula is C15H11BrClFO. The monoisotopic (exact) mass is 340 g/mol. The molecule has 0 spiro atoms. The molecule has 0 fully saturated rings. The van der Waals surface area contributed by atoms with Crippen LogP contribution in [0, 0.1) is 19.7 Å². The van der Waals surface area contributed by atoms with Crippen molar-refractivity contribution in [2.75, 3.05) is 0 Å². The van der Waals surface area contributed by atoms with Gasteiger partial charge in [-0.05, 0) is 55.3 Å². The molecule has 0 N–H and O–H groups in total. The summed E-state index contributed by atoms with van der Waals surface area (Å²) in [6.07, 6.45) is 0. The smallest absolute Gasteiger partial charge is 0.196 e. The fourth-order valence-electron chi connectivity index (χ4n) is 1.84. The lowest BCUT2D eigenvalue weighted by atomic mass is 9.97. The summed E-state index contributed by atoms with van der Waals surface area (Å²) in [5, 5.41) is 0.602. The van der Waals surface area contributed by atoms with Gasteiger partial charge in [-0.25, -0.2) is 4.39 Å². The van der Waals surface area contributed by atoms with Crippen LogP contribution in [0.15, 0.2) is 34.8 Å². The predicted molar refractivity (Wildman–Crippen MR) is 78.5 cm³/mol. The third kappa shape index (κ3) is 2.88. The maximum absolute atomic E-state index is 13.8. The first-order valence-corrected chi connectivity index (χ1v) is 6.83. The van der Waals surface area contributed by atoms with Crippen molar-refractivity contribution in [3.05, 3.63) is 67.9 Å². The lowest BCUT2D eigenvalue weighted by Gasteiger charge is -2.09. The second kappa shape index (κ2) is 5.43. The van der Waals surface area contributed by atoms with Crippen molar-refractivity contribution in [2.45, 2.75) is 13.8 Å². The second-order valence-corrected chi connectivity index (χ2v) is 5.69. The van der Waals surface area contributed by atoms with Crippen LogP contribution in [0.4, 0.5) is 4.39 Å². The Bertz CT molecular complexity index is 667. The SMILES string of the molecule is Cc1cc(C(=O)c2ccc(Br)cc2F)c(C)cc1Cl. The van der Waals surface area contributed by atoms with E-state index in [1.54, 1.807) is 25.1 Å². The van der Waals surface area contributed by atoms with E-state index in [-0.39, 0.29) is 11.3 Å². The van der Waals surface area contributed by atoms with E-state index in [4.69, 9.17) is 11.6 Å². The summed E-state index contributed by atoms with van der Waals surface area (Å²) >= 11 is 9.17. The molecule has 0 aromatic heterocycles. The number of benzene rings is 2. The summed E-state index contributed by atoms with van der Waals surface area (Å²) in [5.41, 5.74) is 2.08. The topological polar surface area (TPSA) is 17.1 Å². The summed E-state index contributed by atoms with van der Waals surface area (Å²) in [4.78, 5) is 12.4. The molecule has 19 heavy (non-hydrogen) atoms. The summed E-state index contributed by atoms with van der Waals surface area (Å²) in [7, 11) is 0. The minimum atomic E-state index is -0.536. The number of ketones is 1. The zero-order chi connectivity index (χ0) is 14.2. The second-order valence-electron chi connectivity index (χ2n) is 4.37. The highest BCUT2D eigenvalue weighted by atomic mass is 79.9. The van der Waals surface area contributed by atoms with Gasteiger partial charge in [-0.1, -0.05) is 27.5 Å². The largest absolute Gasteiger partial charge is 0.288 e. The highest BCUT2D eigenvalue weighted by Gasteiger charge is 2.17.